The lowest BCUT2D eigenvalue weighted by Crippen LogP contribution is -2.54. The van der Waals surface area contributed by atoms with Gasteiger partial charge in [0.1, 0.15) is 0 Å². The summed E-state index contributed by atoms with van der Waals surface area (Å²) >= 11 is 0. The monoisotopic (exact) mass is 196 g/mol. The molecular formula is C12H24N2. The standard InChI is InChI=1S/C12H24N2/c1-3-10-6-11(13)8-14(7-10)12-4-9(2)5-12/h9-12H,3-8,13H2,1-2H3. The molecule has 2 atom stereocenters. The SMILES string of the molecule is CCC1CC(N)CN(C2CC(C)C2)C1. The van der Waals surface area contributed by atoms with Gasteiger partial charge in [-0.25, -0.2) is 0 Å². The van der Waals surface area contributed by atoms with Crippen molar-refractivity contribution in [3.63, 3.8) is 0 Å². The van der Waals surface area contributed by atoms with Crippen LogP contribution in [0.15, 0.2) is 0 Å². The molecule has 1 saturated carbocycles. The van der Waals surface area contributed by atoms with E-state index in [9.17, 15) is 0 Å². The second-order valence-electron chi connectivity index (χ2n) is 5.45. The number of rotatable bonds is 2. The van der Waals surface area contributed by atoms with E-state index in [1.165, 1.54) is 32.2 Å². The van der Waals surface area contributed by atoms with Gasteiger partial charge in [-0.1, -0.05) is 20.3 Å². The van der Waals surface area contributed by atoms with E-state index in [4.69, 9.17) is 5.73 Å². The molecule has 2 heteroatoms. The lowest BCUT2D eigenvalue weighted by molar-refractivity contribution is 0.0394. The molecule has 0 radical (unpaired) electrons. The quantitative estimate of drug-likeness (QED) is 0.730. The molecule has 2 aliphatic rings. The normalized spacial score (nSPS) is 44.8. The lowest BCUT2D eigenvalue weighted by Gasteiger charge is -2.46. The van der Waals surface area contributed by atoms with Gasteiger partial charge in [-0.2, -0.15) is 0 Å². The van der Waals surface area contributed by atoms with Crippen molar-refractivity contribution < 1.29 is 0 Å². The molecule has 1 aliphatic heterocycles. The topological polar surface area (TPSA) is 29.3 Å². The molecular weight excluding hydrogens is 172 g/mol. The molecule has 0 bridgehead atoms. The number of nitrogens with two attached hydrogens (primary N) is 1. The van der Waals surface area contributed by atoms with Crippen molar-refractivity contribution >= 4 is 0 Å². The Labute approximate surface area is 87.8 Å². The third kappa shape index (κ3) is 2.12. The molecule has 0 aromatic heterocycles. The van der Waals surface area contributed by atoms with Crippen LogP contribution in [0.5, 0.6) is 0 Å². The van der Waals surface area contributed by atoms with Gasteiger partial charge in [0.25, 0.3) is 0 Å². The lowest BCUT2D eigenvalue weighted by atomic mass is 9.79. The summed E-state index contributed by atoms with van der Waals surface area (Å²) in [6.45, 7) is 7.11. The van der Waals surface area contributed by atoms with Gasteiger partial charge in [-0.15, -0.1) is 0 Å². The van der Waals surface area contributed by atoms with Crippen LogP contribution in [0, 0.1) is 11.8 Å². The summed E-state index contributed by atoms with van der Waals surface area (Å²) in [5, 5.41) is 0. The van der Waals surface area contributed by atoms with Gasteiger partial charge in [-0.05, 0) is 31.1 Å². The third-order valence-corrected chi connectivity index (χ3v) is 4.04. The maximum atomic E-state index is 6.10. The summed E-state index contributed by atoms with van der Waals surface area (Å²) in [4.78, 5) is 2.66. The first kappa shape index (κ1) is 10.4. The molecule has 14 heavy (non-hydrogen) atoms. The van der Waals surface area contributed by atoms with E-state index in [1.54, 1.807) is 0 Å². The van der Waals surface area contributed by atoms with Crippen LogP contribution in [0.25, 0.3) is 0 Å². The number of hydrogen-bond donors (Lipinski definition) is 1. The summed E-state index contributed by atoms with van der Waals surface area (Å²) in [5.41, 5.74) is 6.10. The van der Waals surface area contributed by atoms with Crippen LogP contribution in [0.3, 0.4) is 0 Å². The van der Waals surface area contributed by atoms with Crippen molar-refractivity contribution in [2.75, 3.05) is 13.1 Å². The number of likely N-dealkylation sites (tertiary alicyclic amines) is 1. The van der Waals surface area contributed by atoms with Crippen molar-refractivity contribution in [1.29, 1.82) is 0 Å². The predicted octanol–water partition coefficient (Wildman–Crippen LogP) is 1.84. The molecule has 2 nitrogen and oxygen atoms in total. The summed E-state index contributed by atoms with van der Waals surface area (Å²) in [6, 6.07) is 1.30. The maximum absolute atomic E-state index is 6.10. The van der Waals surface area contributed by atoms with Crippen LogP contribution in [0.1, 0.15) is 39.5 Å². The van der Waals surface area contributed by atoms with Gasteiger partial charge < -0.3 is 5.73 Å². The van der Waals surface area contributed by atoms with E-state index < -0.39 is 0 Å². The highest BCUT2D eigenvalue weighted by Gasteiger charge is 2.34. The molecule has 82 valence electrons. The van der Waals surface area contributed by atoms with E-state index in [-0.39, 0.29) is 0 Å². The van der Waals surface area contributed by atoms with Gasteiger partial charge >= 0.3 is 0 Å². The van der Waals surface area contributed by atoms with Crippen LogP contribution in [0.4, 0.5) is 0 Å². The van der Waals surface area contributed by atoms with E-state index in [2.05, 4.69) is 18.7 Å². The van der Waals surface area contributed by atoms with Gasteiger partial charge in [0.2, 0.25) is 0 Å². The molecule has 2 rings (SSSR count). The Bertz CT molecular complexity index is 187. The minimum atomic E-state index is 0.435. The fraction of sp³-hybridized carbons (Fsp3) is 1.00. The Kier molecular flexibility index (Phi) is 3.13. The van der Waals surface area contributed by atoms with Crippen LogP contribution in [-0.4, -0.2) is 30.1 Å². The molecule has 1 heterocycles. The van der Waals surface area contributed by atoms with Crippen LogP contribution in [0.2, 0.25) is 0 Å². The Hall–Kier alpha value is -0.0800. The summed E-state index contributed by atoms with van der Waals surface area (Å²) < 4.78 is 0. The minimum absolute atomic E-state index is 0.435. The fourth-order valence-electron chi connectivity index (χ4n) is 3.04. The average Bonchev–Trinajstić information content (AvgIpc) is 2.12. The van der Waals surface area contributed by atoms with E-state index >= 15 is 0 Å². The Morgan fingerprint density at radius 1 is 1.21 bits per heavy atom. The zero-order valence-corrected chi connectivity index (χ0v) is 9.58. The van der Waals surface area contributed by atoms with Gasteiger partial charge in [0.15, 0.2) is 0 Å². The number of piperidine rings is 1. The van der Waals surface area contributed by atoms with E-state index in [0.717, 1.165) is 24.4 Å². The van der Waals surface area contributed by atoms with E-state index in [0.29, 0.717) is 6.04 Å². The second kappa shape index (κ2) is 4.19. The smallest absolute Gasteiger partial charge is 0.0171 e. The average molecular weight is 196 g/mol. The minimum Gasteiger partial charge on any atom is -0.327 e. The van der Waals surface area contributed by atoms with Crippen molar-refractivity contribution in [2.45, 2.75) is 51.6 Å². The predicted molar refractivity (Wildman–Crippen MR) is 60.1 cm³/mol. The molecule has 0 aromatic rings. The highest BCUT2D eigenvalue weighted by molar-refractivity contribution is 4.90. The largest absolute Gasteiger partial charge is 0.327 e. The highest BCUT2D eigenvalue weighted by Crippen LogP contribution is 2.33. The first-order valence-electron chi connectivity index (χ1n) is 6.18. The first-order valence-corrected chi connectivity index (χ1v) is 6.18. The maximum Gasteiger partial charge on any atom is 0.0171 e. The van der Waals surface area contributed by atoms with Crippen molar-refractivity contribution in [3.8, 4) is 0 Å². The van der Waals surface area contributed by atoms with E-state index in [1.807, 2.05) is 0 Å². The highest BCUT2D eigenvalue weighted by atomic mass is 15.2. The van der Waals surface area contributed by atoms with Crippen LogP contribution in [-0.2, 0) is 0 Å². The van der Waals surface area contributed by atoms with Crippen LogP contribution >= 0.6 is 0 Å². The Morgan fingerprint density at radius 2 is 1.93 bits per heavy atom. The molecule has 0 spiro atoms. The molecule has 2 unspecified atom stereocenters. The van der Waals surface area contributed by atoms with Crippen LogP contribution < -0.4 is 5.73 Å². The summed E-state index contributed by atoms with van der Waals surface area (Å²) in [6.07, 6.45) is 5.36. The summed E-state index contributed by atoms with van der Waals surface area (Å²) in [7, 11) is 0. The van der Waals surface area contributed by atoms with Gasteiger partial charge in [0, 0.05) is 25.2 Å². The molecule has 1 saturated heterocycles. The second-order valence-corrected chi connectivity index (χ2v) is 5.45. The third-order valence-electron chi connectivity index (χ3n) is 4.04. The molecule has 0 aromatic carbocycles. The van der Waals surface area contributed by atoms with Crippen molar-refractivity contribution in [1.82, 2.24) is 4.90 Å². The molecule has 2 fully saturated rings. The Balaban J connectivity index is 1.86. The van der Waals surface area contributed by atoms with Crippen molar-refractivity contribution in [3.05, 3.63) is 0 Å². The zero-order chi connectivity index (χ0) is 10.1. The zero-order valence-electron chi connectivity index (χ0n) is 9.58. The fourth-order valence-corrected chi connectivity index (χ4v) is 3.04. The molecule has 1 aliphatic carbocycles. The first-order chi connectivity index (χ1) is 6.69. The van der Waals surface area contributed by atoms with Gasteiger partial charge in [0.05, 0.1) is 0 Å². The van der Waals surface area contributed by atoms with Crippen molar-refractivity contribution in [2.24, 2.45) is 17.6 Å². The number of hydrogen-bond acceptors (Lipinski definition) is 2. The number of nitrogens with zero attached hydrogens (tertiary/aromatic N) is 1. The Morgan fingerprint density at radius 3 is 2.50 bits per heavy atom. The van der Waals surface area contributed by atoms with Gasteiger partial charge in [-0.3, -0.25) is 4.90 Å². The summed E-state index contributed by atoms with van der Waals surface area (Å²) in [5.74, 6) is 1.81. The molecule has 2 N–H and O–H groups in total. The molecule has 0 amide bonds.